The van der Waals surface area contributed by atoms with E-state index in [-0.39, 0.29) is 55.3 Å². The molecule has 0 saturated carbocycles. The number of aromatic nitrogens is 1. The molecule has 1 aromatic heterocycles. The molecule has 1 aromatic carbocycles. The van der Waals surface area contributed by atoms with Crippen LogP contribution in [0.2, 0.25) is 0 Å². The predicted molar refractivity (Wildman–Crippen MR) is 170 cm³/mol. The van der Waals surface area contributed by atoms with Gasteiger partial charge in [-0.05, 0) is 57.4 Å². The minimum atomic E-state index is -1.25. The number of ketones is 1. The summed E-state index contributed by atoms with van der Waals surface area (Å²) >= 11 is 0. The van der Waals surface area contributed by atoms with E-state index in [2.05, 4.69) is 15.8 Å². The first-order chi connectivity index (χ1) is 20.9. The van der Waals surface area contributed by atoms with Crippen molar-refractivity contribution in [2.75, 3.05) is 13.1 Å². The van der Waals surface area contributed by atoms with Crippen LogP contribution in [0, 0.1) is 42.9 Å². The van der Waals surface area contributed by atoms with E-state index in [0.717, 1.165) is 11.1 Å². The maximum atomic E-state index is 13.5. The molecule has 1 saturated heterocycles. The fourth-order valence-electron chi connectivity index (χ4n) is 5.29. The number of benzene rings is 1. The van der Waals surface area contributed by atoms with Gasteiger partial charge in [-0.3, -0.25) is 19.2 Å². The van der Waals surface area contributed by atoms with Gasteiger partial charge in [0, 0.05) is 38.0 Å². The van der Waals surface area contributed by atoms with Crippen LogP contribution in [0.3, 0.4) is 0 Å². The summed E-state index contributed by atoms with van der Waals surface area (Å²) in [6.45, 7) is 10.00. The number of carbonyl (C=O) groups excluding carboxylic acids is 4. The van der Waals surface area contributed by atoms with Gasteiger partial charge in [0.2, 0.25) is 5.91 Å². The molecule has 0 radical (unpaired) electrons. The molecule has 2 heterocycles. The van der Waals surface area contributed by atoms with Crippen molar-refractivity contribution in [2.45, 2.75) is 86.4 Å². The molecule has 3 amide bonds. The van der Waals surface area contributed by atoms with Gasteiger partial charge in [-0.1, -0.05) is 62.3 Å². The molecule has 1 aliphatic rings. The summed E-state index contributed by atoms with van der Waals surface area (Å²) in [7, 11) is 0. The first-order valence-electron chi connectivity index (χ1n) is 15.1. The monoisotopic (exact) mass is 621 g/mol. The van der Waals surface area contributed by atoms with Crippen molar-refractivity contribution >= 4 is 23.5 Å². The standard InChI is InChI=1S/C33H43N5O6.CH4/c1-20(2)14-27(18-34)33(43)38-12-10-24(11-13-38)16-26(31(41)35-19-25-8-6-21(3)7-9-25)17-29(40)30(23(5)39)36-32(42)28-15-22(4)44-37-28;/h6-9,14-15,20,23-24,26,30,39H,10-13,16-17,19H2,1-5H3,(H,35,41)(H,36,42);1H4/t23-,26-,30+;/m1./s1. The van der Waals surface area contributed by atoms with Crippen LogP contribution in [-0.4, -0.2) is 63.9 Å². The van der Waals surface area contributed by atoms with Crippen LogP contribution < -0.4 is 10.6 Å². The lowest BCUT2D eigenvalue weighted by Gasteiger charge is -2.33. The number of aliphatic hydroxyl groups is 1. The van der Waals surface area contributed by atoms with Gasteiger partial charge in [0.15, 0.2) is 11.5 Å². The Morgan fingerprint density at radius 3 is 2.31 bits per heavy atom. The number of likely N-dealkylation sites (tertiary alicyclic amines) is 1. The molecule has 11 nitrogen and oxygen atoms in total. The molecule has 0 aliphatic carbocycles. The second-order valence-electron chi connectivity index (χ2n) is 12.0. The SMILES string of the molecule is C.Cc1ccc(CNC(=O)[C@@H](CC(=O)[C@@H](NC(=O)c2cc(C)on2)[C@@H](C)O)CC2CCN(C(=O)C(C#N)=CC(C)C)CC2)cc1. The molecule has 3 atom stereocenters. The fourth-order valence-corrected chi connectivity index (χ4v) is 5.29. The van der Waals surface area contributed by atoms with Crippen LogP contribution in [0.5, 0.6) is 0 Å². The minimum Gasteiger partial charge on any atom is -0.391 e. The molecule has 3 rings (SSSR count). The first kappa shape index (κ1) is 36.9. The Kier molecular flexibility index (Phi) is 14.1. The Bertz CT molecular complexity index is 1380. The lowest BCUT2D eigenvalue weighted by atomic mass is 9.83. The molecule has 1 aliphatic heterocycles. The van der Waals surface area contributed by atoms with Crippen LogP contribution >= 0.6 is 0 Å². The zero-order valence-electron chi connectivity index (χ0n) is 26.1. The molecule has 0 bridgehead atoms. The van der Waals surface area contributed by atoms with E-state index in [9.17, 15) is 29.5 Å². The molecule has 0 unspecified atom stereocenters. The number of nitriles is 1. The van der Waals surface area contributed by atoms with Gasteiger partial charge in [-0.15, -0.1) is 0 Å². The number of hydrogen-bond acceptors (Lipinski definition) is 8. The van der Waals surface area contributed by atoms with Crippen LogP contribution in [0.15, 0.2) is 46.5 Å². The summed E-state index contributed by atoms with van der Waals surface area (Å²) in [6, 6.07) is 9.95. The fraction of sp³-hybridized carbons (Fsp3) is 0.529. The number of carbonyl (C=O) groups is 4. The van der Waals surface area contributed by atoms with Crippen molar-refractivity contribution in [3.05, 3.63) is 64.6 Å². The van der Waals surface area contributed by atoms with E-state index >= 15 is 0 Å². The van der Waals surface area contributed by atoms with Gasteiger partial charge in [-0.2, -0.15) is 5.26 Å². The molecule has 244 valence electrons. The topological polar surface area (TPSA) is 166 Å². The van der Waals surface area contributed by atoms with Crippen molar-refractivity contribution in [2.24, 2.45) is 17.8 Å². The van der Waals surface area contributed by atoms with Crippen molar-refractivity contribution in [1.29, 1.82) is 5.26 Å². The van der Waals surface area contributed by atoms with Crippen molar-refractivity contribution in [3.8, 4) is 6.07 Å². The summed E-state index contributed by atoms with van der Waals surface area (Å²) in [5.74, 6) is -1.91. The van der Waals surface area contributed by atoms with E-state index in [1.165, 1.54) is 13.0 Å². The Morgan fingerprint density at radius 1 is 1.13 bits per heavy atom. The van der Waals surface area contributed by atoms with Gasteiger partial charge < -0.3 is 25.2 Å². The number of nitrogens with one attached hydrogen (secondary N) is 2. The normalized spacial score (nSPS) is 15.8. The van der Waals surface area contributed by atoms with Gasteiger partial charge >= 0.3 is 0 Å². The molecule has 3 N–H and O–H groups in total. The van der Waals surface area contributed by atoms with Crippen molar-refractivity contribution in [1.82, 2.24) is 20.7 Å². The van der Waals surface area contributed by atoms with Gasteiger partial charge in [0.25, 0.3) is 11.8 Å². The number of hydrogen-bond donors (Lipinski definition) is 3. The van der Waals surface area contributed by atoms with Gasteiger partial charge in [-0.25, -0.2) is 0 Å². The van der Waals surface area contributed by atoms with Gasteiger partial charge in [0.1, 0.15) is 23.4 Å². The Hall–Kier alpha value is -4.30. The molecule has 11 heteroatoms. The number of amides is 3. The van der Waals surface area contributed by atoms with Crippen molar-refractivity contribution < 1.29 is 28.8 Å². The Labute approximate surface area is 266 Å². The Balaban J connectivity index is 0.00000705. The highest BCUT2D eigenvalue weighted by Gasteiger charge is 2.34. The number of Topliss-reactive ketones (excluding diaryl/α,β-unsaturated/α-hetero) is 1. The van der Waals surface area contributed by atoms with Gasteiger partial charge in [0.05, 0.1) is 6.10 Å². The minimum absolute atomic E-state index is 0. The number of nitrogens with zero attached hydrogens (tertiary/aromatic N) is 3. The zero-order chi connectivity index (χ0) is 32.4. The number of piperidine rings is 1. The van der Waals surface area contributed by atoms with E-state index in [1.54, 1.807) is 17.9 Å². The third-order valence-corrected chi connectivity index (χ3v) is 7.75. The molecule has 1 fully saturated rings. The van der Waals surface area contributed by atoms with Crippen LogP contribution in [0.1, 0.15) is 81.3 Å². The quantitative estimate of drug-likeness (QED) is 0.223. The van der Waals surface area contributed by atoms with Crippen LogP contribution in [0.25, 0.3) is 0 Å². The summed E-state index contributed by atoms with van der Waals surface area (Å²) in [4.78, 5) is 54.2. The van der Waals surface area contributed by atoms with Crippen molar-refractivity contribution in [3.63, 3.8) is 0 Å². The lowest BCUT2D eigenvalue weighted by Crippen LogP contribution is -2.49. The van der Waals surface area contributed by atoms with Crippen LogP contribution in [-0.2, 0) is 20.9 Å². The van der Waals surface area contributed by atoms with E-state index in [0.29, 0.717) is 38.1 Å². The average Bonchev–Trinajstić information content (AvgIpc) is 3.43. The maximum Gasteiger partial charge on any atom is 0.274 e. The zero-order valence-corrected chi connectivity index (χ0v) is 26.1. The second kappa shape index (κ2) is 17.3. The number of aliphatic hydroxyl groups excluding tert-OH is 1. The highest BCUT2D eigenvalue weighted by molar-refractivity contribution is 5.98. The van der Waals surface area contributed by atoms with E-state index < -0.39 is 29.8 Å². The van der Waals surface area contributed by atoms with E-state index in [1.807, 2.05) is 51.1 Å². The third-order valence-electron chi connectivity index (χ3n) is 7.75. The predicted octanol–water partition coefficient (Wildman–Crippen LogP) is 4.03. The highest BCUT2D eigenvalue weighted by Crippen LogP contribution is 2.28. The smallest absolute Gasteiger partial charge is 0.274 e. The summed E-state index contributed by atoms with van der Waals surface area (Å²) in [5, 5.41) is 29.0. The molecule has 0 spiro atoms. The largest absolute Gasteiger partial charge is 0.391 e. The lowest BCUT2D eigenvalue weighted by molar-refractivity contribution is -0.132. The number of allylic oxidation sites excluding steroid dienone is 1. The van der Waals surface area contributed by atoms with E-state index in [4.69, 9.17) is 4.52 Å². The summed E-state index contributed by atoms with van der Waals surface area (Å²) < 4.78 is 4.94. The number of rotatable bonds is 13. The van der Waals surface area contributed by atoms with Crippen LogP contribution in [0.4, 0.5) is 0 Å². The maximum absolute atomic E-state index is 13.5. The second-order valence-corrected chi connectivity index (χ2v) is 12.0. The third kappa shape index (κ3) is 11.0. The molecular formula is C34H47N5O6. The summed E-state index contributed by atoms with van der Waals surface area (Å²) in [6.07, 6.45) is 1.88. The molecular weight excluding hydrogens is 574 g/mol. The molecule has 2 aromatic rings. The highest BCUT2D eigenvalue weighted by atomic mass is 16.5. The number of aryl methyl sites for hydroxylation is 2. The Morgan fingerprint density at radius 2 is 1.78 bits per heavy atom. The average molecular weight is 622 g/mol. The molecule has 45 heavy (non-hydrogen) atoms. The first-order valence-corrected chi connectivity index (χ1v) is 15.1. The summed E-state index contributed by atoms with van der Waals surface area (Å²) in [5.41, 5.74) is 2.13.